The Morgan fingerprint density at radius 1 is 1.06 bits per heavy atom. The molecule has 2 rings (SSSR count). The number of benzene rings is 2. The first kappa shape index (κ1) is 28.9. The van der Waals surface area contributed by atoms with E-state index in [-0.39, 0.29) is 43.8 Å². The van der Waals surface area contributed by atoms with Crippen LogP contribution >= 0.6 is 23.2 Å². The smallest absolute Gasteiger partial charge is 0.242 e. The Labute approximate surface area is 218 Å². The van der Waals surface area contributed by atoms with E-state index in [0.29, 0.717) is 21.3 Å². The summed E-state index contributed by atoms with van der Waals surface area (Å²) >= 11 is 12.3. The van der Waals surface area contributed by atoms with Crippen LogP contribution in [-0.2, 0) is 26.2 Å². The molecule has 0 radical (unpaired) electrons. The van der Waals surface area contributed by atoms with Crippen LogP contribution in [0.3, 0.4) is 0 Å². The van der Waals surface area contributed by atoms with Gasteiger partial charge in [-0.25, -0.2) is 8.42 Å². The monoisotopic (exact) mass is 541 g/mol. The summed E-state index contributed by atoms with van der Waals surface area (Å²) in [5.74, 6) is -0.559. The molecule has 0 heterocycles. The SMILES string of the molecule is Cc1ccccc1N(CCCC(=O)N(Cc1ccc(Cl)cc1Cl)C(C)C(=O)NC(C)C)S(C)(=O)=O. The van der Waals surface area contributed by atoms with Gasteiger partial charge in [-0.15, -0.1) is 0 Å². The third kappa shape index (κ3) is 8.40. The number of hydrogen-bond donors (Lipinski definition) is 1. The minimum absolute atomic E-state index is 0.0579. The Morgan fingerprint density at radius 2 is 1.71 bits per heavy atom. The van der Waals surface area contributed by atoms with Crippen LogP contribution in [0.5, 0.6) is 0 Å². The van der Waals surface area contributed by atoms with Crippen molar-refractivity contribution in [3.8, 4) is 0 Å². The summed E-state index contributed by atoms with van der Waals surface area (Å²) in [5.41, 5.74) is 2.06. The summed E-state index contributed by atoms with van der Waals surface area (Å²) in [6.07, 6.45) is 1.49. The summed E-state index contributed by atoms with van der Waals surface area (Å²) in [6.45, 7) is 7.45. The van der Waals surface area contributed by atoms with Crippen molar-refractivity contribution >= 4 is 50.7 Å². The van der Waals surface area contributed by atoms with Crippen molar-refractivity contribution in [3.05, 3.63) is 63.6 Å². The normalized spacial score (nSPS) is 12.3. The highest BCUT2D eigenvalue weighted by Crippen LogP contribution is 2.25. The maximum absolute atomic E-state index is 13.3. The molecule has 10 heteroatoms. The number of anilines is 1. The third-order valence-corrected chi connectivity index (χ3v) is 7.26. The Morgan fingerprint density at radius 3 is 2.29 bits per heavy atom. The zero-order valence-corrected chi connectivity index (χ0v) is 23.0. The van der Waals surface area contributed by atoms with E-state index >= 15 is 0 Å². The second-order valence-electron chi connectivity index (χ2n) is 8.82. The molecule has 0 aromatic heterocycles. The molecule has 0 spiro atoms. The van der Waals surface area contributed by atoms with Gasteiger partial charge in [0, 0.05) is 35.6 Å². The van der Waals surface area contributed by atoms with Crippen molar-refractivity contribution in [3.63, 3.8) is 0 Å². The van der Waals surface area contributed by atoms with Gasteiger partial charge in [0.05, 0.1) is 11.9 Å². The molecule has 35 heavy (non-hydrogen) atoms. The van der Waals surface area contributed by atoms with E-state index in [1.165, 1.54) is 9.21 Å². The van der Waals surface area contributed by atoms with Crippen LogP contribution in [0.25, 0.3) is 0 Å². The largest absolute Gasteiger partial charge is 0.352 e. The molecule has 2 amide bonds. The summed E-state index contributed by atoms with van der Waals surface area (Å²) in [6, 6.07) is 11.4. The fraction of sp³-hybridized carbons (Fsp3) is 0.440. The molecule has 0 aliphatic carbocycles. The maximum Gasteiger partial charge on any atom is 0.242 e. The van der Waals surface area contributed by atoms with Gasteiger partial charge in [0.1, 0.15) is 6.04 Å². The molecule has 1 N–H and O–H groups in total. The number of aryl methyl sites for hydroxylation is 1. The van der Waals surface area contributed by atoms with Crippen molar-refractivity contribution < 1.29 is 18.0 Å². The van der Waals surface area contributed by atoms with Crippen molar-refractivity contribution in [2.75, 3.05) is 17.1 Å². The number of nitrogens with one attached hydrogen (secondary N) is 1. The third-order valence-electron chi connectivity index (χ3n) is 5.49. The number of nitrogens with zero attached hydrogens (tertiary/aromatic N) is 2. The van der Waals surface area contributed by atoms with Crippen LogP contribution in [-0.4, -0.2) is 50.0 Å². The van der Waals surface area contributed by atoms with E-state index in [2.05, 4.69) is 5.32 Å². The second kappa shape index (κ2) is 12.6. The van der Waals surface area contributed by atoms with Gasteiger partial charge in [-0.3, -0.25) is 13.9 Å². The van der Waals surface area contributed by atoms with Gasteiger partial charge < -0.3 is 10.2 Å². The first-order valence-corrected chi connectivity index (χ1v) is 14.0. The van der Waals surface area contributed by atoms with Crippen molar-refractivity contribution in [2.24, 2.45) is 0 Å². The Bertz CT molecular complexity index is 1160. The lowest BCUT2D eigenvalue weighted by Crippen LogP contribution is -2.49. The van der Waals surface area contributed by atoms with E-state index in [9.17, 15) is 18.0 Å². The lowest BCUT2D eigenvalue weighted by atomic mass is 10.1. The molecule has 7 nitrogen and oxygen atoms in total. The topological polar surface area (TPSA) is 86.8 Å². The van der Waals surface area contributed by atoms with Gasteiger partial charge in [0.2, 0.25) is 21.8 Å². The van der Waals surface area contributed by atoms with E-state index in [1.807, 2.05) is 32.9 Å². The molecular formula is C25H33Cl2N3O4S. The average molecular weight is 543 g/mol. The number of hydrogen-bond acceptors (Lipinski definition) is 4. The van der Waals surface area contributed by atoms with Crippen molar-refractivity contribution in [1.82, 2.24) is 10.2 Å². The Kier molecular flexibility index (Phi) is 10.4. The summed E-state index contributed by atoms with van der Waals surface area (Å²) in [7, 11) is -3.55. The van der Waals surface area contributed by atoms with Gasteiger partial charge in [-0.1, -0.05) is 47.5 Å². The zero-order chi connectivity index (χ0) is 26.3. The first-order valence-electron chi connectivity index (χ1n) is 11.4. The molecule has 0 fully saturated rings. The van der Waals surface area contributed by atoms with E-state index in [0.717, 1.165) is 11.8 Å². The number of halogens is 2. The predicted octanol–water partition coefficient (Wildman–Crippen LogP) is 4.79. The van der Waals surface area contributed by atoms with Gasteiger partial charge in [-0.05, 0) is 63.4 Å². The number of carbonyl (C=O) groups excluding carboxylic acids is 2. The Hall–Kier alpha value is -2.29. The van der Waals surface area contributed by atoms with Crippen LogP contribution in [0.2, 0.25) is 10.0 Å². The highest BCUT2D eigenvalue weighted by molar-refractivity contribution is 7.92. The van der Waals surface area contributed by atoms with Gasteiger partial charge in [-0.2, -0.15) is 0 Å². The molecule has 0 bridgehead atoms. The zero-order valence-electron chi connectivity index (χ0n) is 20.7. The number of para-hydroxylation sites is 1. The lowest BCUT2D eigenvalue weighted by molar-refractivity contribution is -0.140. The van der Waals surface area contributed by atoms with Gasteiger partial charge in [0.15, 0.2) is 0 Å². The average Bonchev–Trinajstić information content (AvgIpc) is 2.75. The summed E-state index contributed by atoms with van der Waals surface area (Å²) < 4.78 is 26.2. The molecule has 0 saturated heterocycles. The molecule has 192 valence electrons. The van der Waals surface area contributed by atoms with Gasteiger partial charge in [0.25, 0.3) is 0 Å². The number of amides is 2. The van der Waals surface area contributed by atoms with E-state index < -0.39 is 16.1 Å². The fourth-order valence-corrected chi connectivity index (χ4v) is 5.14. The van der Waals surface area contributed by atoms with Crippen molar-refractivity contribution in [2.45, 2.75) is 59.2 Å². The predicted molar refractivity (Wildman–Crippen MR) is 142 cm³/mol. The van der Waals surface area contributed by atoms with Crippen LogP contribution in [0.4, 0.5) is 5.69 Å². The number of carbonyl (C=O) groups is 2. The molecule has 0 saturated carbocycles. The number of sulfonamides is 1. The highest BCUT2D eigenvalue weighted by Gasteiger charge is 2.27. The lowest BCUT2D eigenvalue weighted by Gasteiger charge is -2.30. The summed E-state index contributed by atoms with van der Waals surface area (Å²) in [5, 5.41) is 3.70. The van der Waals surface area contributed by atoms with Crippen LogP contribution < -0.4 is 9.62 Å². The van der Waals surface area contributed by atoms with E-state index in [1.54, 1.807) is 37.3 Å². The Balaban J connectivity index is 2.22. The van der Waals surface area contributed by atoms with Gasteiger partial charge >= 0.3 is 0 Å². The standard InChI is InChI=1S/C25H33Cl2N3O4S/c1-17(2)28-25(32)19(4)29(16-20-12-13-21(26)15-22(20)27)24(31)11-8-14-30(35(5,33)34)23-10-7-6-9-18(23)3/h6-7,9-10,12-13,15,17,19H,8,11,14,16H2,1-5H3,(H,28,32). The highest BCUT2D eigenvalue weighted by atomic mass is 35.5. The first-order chi connectivity index (χ1) is 16.3. The molecule has 0 aliphatic rings. The van der Waals surface area contributed by atoms with Crippen LogP contribution in [0, 0.1) is 6.92 Å². The minimum atomic E-state index is -3.55. The molecule has 1 atom stereocenters. The van der Waals surface area contributed by atoms with Crippen LogP contribution in [0.1, 0.15) is 44.7 Å². The molecular weight excluding hydrogens is 509 g/mol. The summed E-state index contributed by atoms with van der Waals surface area (Å²) in [4.78, 5) is 27.5. The van der Waals surface area contributed by atoms with Crippen LogP contribution in [0.15, 0.2) is 42.5 Å². The van der Waals surface area contributed by atoms with Crippen molar-refractivity contribution in [1.29, 1.82) is 0 Å². The minimum Gasteiger partial charge on any atom is -0.352 e. The quantitative estimate of drug-likeness (QED) is 0.443. The molecule has 2 aromatic carbocycles. The fourth-order valence-electron chi connectivity index (χ4n) is 3.65. The maximum atomic E-state index is 13.3. The second-order valence-corrected chi connectivity index (χ2v) is 11.6. The molecule has 0 aliphatic heterocycles. The van der Waals surface area contributed by atoms with E-state index in [4.69, 9.17) is 23.2 Å². The number of rotatable bonds is 11. The molecule has 2 aromatic rings. The molecule has 1 unspecified atom stereocenters.